The summed E-state index contributed by atoms with van der Waals surface area (Å²) in [4.78, 5) is 30.4. The van der Waals surface area contributed by atoms with Gasteiger partial charge in [0.1, 0.15) is 0 Å². The molecule has 5 nitrogen and oxygen atoms in total. The van der Waals surface area contributed by atoms with Gasteiger partial charge in [-0.1, -0.05) is 78.4 Å². The fourth-order valence-corrected chi connectivity index (χ4v) is 6.15. The van der Waals surface area contributed by atoms with E-state index in [0.29, 0.717) is 24.9 Å². The number of hydrogen-bond acceptors (Lipinski definition) is 5. The highest BCUT2D eigenvalue weighted by Gasteiger charge is 2.22. The summed E-state index contributed by atoms with van der Waals surface area (Å²) in [5.74, 6) is 0.983. The van der Waals surface area contributed by atoms with E-state index in [1.807, 2.05) is 22.5 Å². The molecule has 0 spiro atoms. The molecule has 2 amide bonds. The van der Waals surface area contributed by atoms with Gasteiger partial charge in [-0.2, -0.15) is 0 Å². The lowest BCUT2D eigenvalue weighted by Gasteiger charge is -2.25. The molecule has 34 heavy (non-hydrogen) atoms. The van der Waals surface area contributed by atoms with Gasteiger partial charge in [-0.05, 0) is 36.8 Å². The normalized spacial score (nSPS) is 13.1. The zero-order chi connectivity index (χ0) is 24.8. The number of carbonyl (C=O) groups is 2. The Hall–Kier alpha value is -1.60. The van der Waals surface area contributed by atoms with Gasteiger partial charge in [-0.3, -0.25) is 13.9 Å². The number of fused-ring (bicyclic) bond motifs is 1. The Bertz CT molecular complexity index is 837. The van der Waals surface area contributed by atoms with Crippen LogP contribution >= 0.6 is 23.3 Å². The lowest BCUT2D eigenvalue weighted by Crippen LogP contribution is -2.33. The van der Waals surface area contributed by atoms with E-state index in [1.54, 1.807) is 11.3 Å². The van der Waals surface area contributed by atoms with Crippen molar-refractivity contribution >= 4 is 45.3 Å². The number of nitrogens with zero attached hydrogens (tertiary/aromatic N) is 2. The van der Waals surface area contributed by atoms with Crippen LogP contribution in [0.1, 0.15) is 91.9 Å². The van der Waals surface area contributed by atoms with E-state index in [9.17, 15) is 9.59 Å². The predicted molar refractivity (Wildman–Crippen MR) is 146 cm³/mol. The number of carbonyl (C=O) groups excluding carboxylic acids is 2. The average molecular weight is 506 g/mol. The van der Waals surface area contributed by atoms with Gasteiger partial charge in [0, 0.05) is 37.9 Å². The molecule has 2 unspecified atom stereocenters. The van der Waals surface area contributed by atoms with Crippen LogP contribution in [0.15, 0.2) is 28.6 Å². The first-order chi connectivity index (χ1) is 16.5. The van der Waals surface area contributed by atoms with Gasteiger partial charge < -0.3 is 5.32 Å². The molecule has 2 atom stereocenters. The van der Waals surface area contributed by atoms with Crippen LogP contribution in [0, 0.1) is 11.8 Å². The number of hydrogen-bond donors (Lipinski definition) is 1. The van der Waals surface area contributed by atoms with Crippen LogP contribution in [-0.2, 0) is 9.59 Å². The van der Waals surface area contributed by atoms with Gasteiger partial charge in [-0.15, -0.1) is 11.3 Å². The highest BCUT2D eigenvalue weighted by molar-refractivity contribution is 7.99. The molecule has 0 saturated carbocycles. The van der Waals surface area contributed by atoms with Crippen LogP contribution in [-0.4, -0.2) is 34.2 Å². The third-order valence-electron chi connectivity index (χ3n) is 6.41. The Balaban J connectivity index is 1.97. The summed E-state index contributed by atoms with van der Waals surface area (Å²) in [5, 5.41) is 3.06. The summed E-state index contributed by atoms with van der Waals surface area (Å²) >= 11 is 3.06. The van der Waals surface area contributed by atoms with Gasteiger partial charge in [0.2, 0.25) is 11.8 Å². The van der Waals surface area contributed by atoms with Crippen molar-refractivity contribution in [2.24, 2.45) is 11.8 Å². The fourth-order valence-electron chi connectivity index (χ4n) is 3.96. The van der Waals surface area contributed by atoms with Crippen LogP contribution in [0.5, 0.6) is 0 Å². The van der Waals surface area contributed by atoms with Crippen molar-refractivity contribution in [1.82, 2.24) is 14.6 Å². The Morgan fingerprint density at radius 2 is 1.68 bits per heavy atom. The zero-order valence-corrected chi connectivity index (χ0v) is 23.1. The molecule has 0 fully saturated rings. The summed E-state index contributed by atoms with van der Waals surface area (Å²) in [6.45, 7) is 10.2. The van der Waals surface area contributed by atoms with E-state index in [-0.39, 0.29) is 24.7 Å². The monoisotopic (exact) mass is 505 g/mol. The second kappa shape index (κ2) is 16.1. The zero-order valence-electron chi connectivity index (χ0n) is 21.5. The first-order valence-corrected chi connectivity index (χ1v) is 14.7. The lowest BCUT2D eigenvalue weighted by molar-refractivity contribution is -0.130. The third-order valence-corrected chi connectivity index (χ3v) is 8.53. The van der Waals surface area contributed by atoms with Crippen LogP contribution < -0.4 is 5.32 Å². The van der Waals surface area contributed by atoms with E-state index in [0.717, 1.165) is 46.7 Å². The summed E-state index contributed by atoms with van der Waals surface area (Å²) in [6, 6.07) is 8.07. The Morgan fingerprint density at radius 3 is 2.32 bits per heavy atom. The van der Waals surface area contributed by atoms with Crippen LogP contribution in [0.4, 0.5) is 0 Å². The first kappa shape index (κ1) is 28.6. The Kier molecular flexibility index (Phi) is 13.6. The topological polar surface area (TPSA) is 62.3 Å². The number of aromatic nitrogens is 1. The van der Waals surface area contributed by atoms with E-state index in [4.69, 9.17) is 4.98 Å². The SMILES string of the molecule is CCCCC(CC)CNC(=O)CCC(=O)N(CC(CC)CCCC)Sc1nc2ccccc2s1. The van der Waals surface area contributed by atoms with Crippen molar-refractivity contribution in [2.45, 2.75) is 96.2 Å². The van der Waals surface area contributed by atoms with Crippen LogP contribution in [0.25, 0.3) is 10.2 Å². The first-order valence-electron chi connectivity index (χ1n) is 13.1. The van der Waals surface area contributed by atoms with Crippen molar-refractivity contribution in [3.63, 3.8) is 0 Å². The van der Waals surface area contributed by atoms with E-state index < -0.39 is 0 Å². The molecule has 0 saturated heterocycles. The van der Waals surface area contributed by atoms with Gasteiger partial charge in [-0.25, -0.2) is 4.98 Å². The molecule has 0 aliphatic rings. The molecule has 2 aromatic rings. The molecule has 2 rings (SSSR count). The maximum atomic E-state index is 13.2. The Morgan fingerprint density at radius 1 is 1.00 bits per heavy atom. The number of amides is 2. The van der Waals surface area contributed by atoms with Gasteiger partial charge in [0.25, 0.3) is 0 Å². The molecule has 190 valence electrons. The Labute approximate surface area is 214 Å². The van der Waals surface area contributed by atoms with E-state index in [1.165, 1.54) is 31.2 Å². The minimum Gasteiger partial charge on any atom is -0.356 e. The summed E-state index contributed by atoms with van der Waals surface area (Å²) < 4.78 is 3.87. The maximum absolute atomic E-state index is 13.2. The van der Waals surface area contributed by atoms with Crippen molar-refractivity contribution in [3.05, 3.63) is 24.3 Å². The average Bonchev–Trinajstić information content (AvgIpc) is 3.27. The number of nitrogens with one attached hydrogen (secondary N) is 1. The van der Waals surface area contributed by atoms with Gasteiger partial charge >= 0.3 is 0 Å². The number of para-hydroxylation sites is 1. The molecule has 1 aromatic carbocycles. The van der Waals surface area contributed by atoms with Gasteiger partial charge in [0.15, 0.2) is 4.34 Å². The molecule has 0 aliphatic carbocycles. The molecular weight excluding hydrogens is 462 g/mol. The van der Waals surface area contributed by atoms with Crippen molar-refractivity contribution in [2.75, 3.05) is 13.1 Å². The van der Waals surface area contributed by atoms with E-state index >= 15 is 0 Å². The van der Waals surface area contributed by atoms with E-state index in [2.05, 4.69) is 39.1 Å². The smallest absolute Gasteiger partial charge is 0.233 e. The van der Waals surface area contributed by atoms with Crippen molar-refractivity contribution in [3.8, 4) is 0 Å². The molecule has 1 heterocycles. The molecule has 0 radical (unpaired) electrons. The molecule has 1 N–H and O–H groups in total. The van der Waals surface area contributed by atoms with Crippen molar-refractivity contribution in [1.29, 1.82) is 0 Å². The minimum atomic E-state index is -0.0220. The molecular formula is C27H43N3O2S2. The fraction of sp³-hybridized carbons (Fsp3) is 0.667. The summed E-state index contributed by atoms with van der Waals surface area (Å²) in [7, 11) is 0. The van der Waals surface area contributed by atoms with Crippen LogP contribution in [0.3, 0.4) is 0 Å². The second-order valence-electron chi connectivity index (χ2n) is 9.13. The standard InChI is InChI=1S/C27H43N3O2S2/c1-5-9-13-21(7-3)19-28-25(31)17-18-26(32)30(20-22(8-4)14-10-6-2)34-27-29-23-15-11-12-16-24(23)33-27/h11-12,15-16,21-22H,5-10,13-14,17-20H2,1-4H3,(H,28,31). The van der Waals surface area contributed by atoms with Crippen molar-refractivity contribution < 1.29 is 9.59 Å². The third kappa shape index (κ3) is 9.95. The maximum Gasteiger partial charge on any atom is 0.233 e. The highest BCUT2D eigenvalue weighted by atomic mass is 32.2. The quantitative estimate of drug-likeness (QED) is 0.227. The molecule has 0 aliphatic heterocycles. The van der Waals surface area contributed by atoms with Gasteiger partial charge in [0.05, 0.1) is 10.2 Å². The molecule has 1 aromatic heterocycles. The predicted octanol–water partition coefficient (Wildman–Crippen LogP) is 7.46. The van der Waals surface area contributed by atoms with Crippen LogP contribution in [0.2, 0.25) is 0 Å². The largest absolute Gasteiger partial charge is 0.356 e. The minimum absolute atomic E-state index is 0.0207. The second-order valence-corrected chi connectivity index (χ2v) is 11.4. The highest BCUT2D eigenvalue weighted by Crippen LogP contribution is 2.33. The number of unbranched alkanes of at least 4 members (excludes halogenated alkanes) is 2. The molecule has 7 heteroatoms. The number of rotatable bonds is 17. The summed E-state index contributed by atoms with van der Waals surface area (Å²) in [5.41, 5.74) is 0.966. The summed E-state index contributed by atoms with van der Waals surface area (Å²) in [6.07, 6.45) is 9.56. The number of benzene rings is 1. The molecule has 0 bridgehead atoms. The lowest BCUT2D eigenvalue weighted by atomic mass is 9.99. The number of thiazole rings is 1.